The number of carbonyl (C=O) groups excluding carboxylic acids is 1. The molecule has 5 nitrogen and oxygen atoms in total. The zero-order valence-corrected chi connectivity index (χ0v) is 12.5. The van der Waals surface area contributed by atoms with Crippen LogP contribution in [0, 0.1) is 5.82 Å². The highest BCUT2D eigenvalue weighted by molar-refractivity contribution is 5.75. The molecule has 1 aromatic carbocycles. The fraction of sp³-hybridized carbons (Fsp3) is 0.375. The lowest BCUT2D eigenvalue weighted by Gasteiger charge is -2.35. The minimum Gasteiger partial charge on any atom is -0.348 e. The lowest BCUT2D eigenvalue weighted by molar-refractivity contribution is 0.175. The number of nitrogens with one attached hydrogen (secondary N) is 2. The molecule has 1 aliphatic heterocycles. The van der Waals surface area contributed by atoms with Crippen LogP contribution in [0.15, 0.2) is 30.7 Å². The summed E-state index contributed by atoms with van der Waals surface area (Å²) in [5.41, 5.74) is 3.00. The smallest absolute Gasteiger partial charge is 0.317 e. The topological polar surface area (TPSA) is 61.0 Å². The fourth-order valence-corrected chi connectivity index (χ4v) is 2.89. The average Bonchev–Trinajstić information content (AvgIpc) is 3.01. The monoisotopic (exact) mass is 302 g/mol. The van der Waals surface area contributed by atoms with E-state index in [0.29, 0.717) is 19.5 Å². The Labute approximate surface area is 128 Å². The highest BCUT2D eigenvalue weighted by Crippen LogP contribution is 2.29. The number of amides is 2. The molecule has 2 amide bonds. The number of carbonyl (C=O) groups is 1. The van der Waals surface area contributed by atoms with Crippen LogP contribution in [0.4, 0.5) is 9.18 Å². The van der Waals surface area contributed by atoms with Gasteiger partial charge in [0.15, 0.2) is 0 Å². The van der Waals surface area contributed by atoms with E-state index in [4.69, 9.17) is 0 Å². The van der Waals surface area contributed by atoms with Crippen LogP contribution in [0.2, 0.25) is 0 Å². The summed E-state index contributed by atoms with van der Waals surface area (Å²) >= 11 is 0. The van der Waals surface area contributed by atoms with Crippen molar-refractivity contribution in [2.45, 2.75) is 25.8 Å². The molecule has 0 saturated heterocycles. The molecule has 0 unspecified atom stereocenters. The summed E-state index contributed by atoms with van der Waals surface area (Å²) in [4.78, 5) is 21.0. The Morgan fingerprint density at radius 1 is 1.55 bits per heavy atom. The summed E-state index contributed by atoms with van der Waals surface area (Å²) in [5, 5.41) is 2.91. The van der Waals surface area contributed by atoms with Gasteiger partial charge in [-0.3, -0.25) is 0 Å². The van der Waals surface area contributed by atoms with E-state index in [0.717, 1.165) is 23.2 Å². The first kappa shape index (κ1) is 14.6. The Morgan fingerprint density at radius 2 is 2.41 bits per heavy atom. The van der Waals surface area contributed by atoms with Crippen molar-refractivity contribution >= 4 is 6.03 Å². The summed E-state index contributed by atoms with van der Waals surface area (Å²) in [6.07, 6.45) is 4.83. The molecule has 2 N–H and O–H groups in total. The number of hydrogen-bond donors (Lipinski definition) is 2. The first-order valence-corrected chi connectivity index (χ1v) is 7.45. The molecule has 6 heteroatoms. The van der Waals surface area contributed by atoms with Crippen LogP contribution in [-0.4, -0.2) is 34.0 Å². The van der Waals surface area contributed by atoms with Gasteiger partial charge in [-0.25, -0.2) is 14.2 Å². The molecule has 1 atom stereocenters. The molecule has 116 valence electrons. The van der Waals surface area contributed by atoms with Crippen LogP contribution in [0.3, 0.4) is 0 Å². The fourth-order valence-electron chi connectivity index (χ4n) is 2.89. The number of H-pyrrole nitrogens is 1. The third kappa shape index (κ3) is 2.95. The molecule has 1 aliphatic rings. The second-order valence-electron chi connectivity index (χ2n) is 5.52. The third-order valence-electron chi connectivity index (χ3n) is 4.13. The van der Waals surface area contributed by atoms with Gasteiger partial charge >= 0.3 is 6.03 Å². The number of urea groups is 1. The van der Waals surface area contributed by atoms with Crippen LogP contribution in [0.5, 0.6) is 0 Å². The number of hydrogen-bond acceptors (Lipinski definition) is 2. The molecule has 0 radical (unpaired) electrons. The second-order valence-corrected chi connectivity index (χ2v) is 5.52. The van der Waals surface area contributed by atoms with E-state index in [1.165, 1.54) is 12.1 Å². The maximum absolute atomic E-state index is 13.4. The molecule has 1 aromatic heterocycles. The molecule has 0 saturated carbocycles. The number of nitrogens with zero attached hydrogens (tertiary/aromatic N) is 2. The lowest BCUT2D eigenvalue weighted by Crippen LogP contribution is -2.45. The van der Waals surface area contributed by atoms with Gasteiger partial charge in [-0.2, -0.15) is 0 Å². The maximum Gasteiger partial charge on any atom is 0.317 e. The number of aromatic nitrogens is 2. The van der Waals surface area contributed by atoms with Gasteiger partial charge in [0, 0.05) is 31.4 Å². The van der Waals surface area contributed by atoms with E-state index in [1.807, 2.05) is 13.0 Å². The normalized spacial score (nSPS) is 17.2. The van der Waals surface area contributed by atoms with Crippen molar-refractivity contribution in [2.24, 2.45) is 0 Å². The van der Waals surface area contributed by atoms with Crippen molar-refractivity contribution in [3.8, 4) is 0 Å². The molecular weight excluding hydrogens is 283 g/mol. The first-order valence-electron chi connectivity index (χ1n) is 7.45. The van der Waals surface area contributed by atoms with Gasteiger partial charge in [0.25, 0.3) is 0 Å². The molecule has 0 fully saturated rings. The Kier molecular flexibility index (Phi) is 4.09. The van der Waals surface area contributed by atoms with Crippen molar-refractivity contribution < 1.29 is 9.18 Å². The van der Waals surface area contributed by atoms with Crippen molar-refractivity contribution in [3.05, 3.63) is 53.4 Å². The largest absolute Gasteiger partial charge is 0.348 e. The van der Waals surface area contributed by atoms with Gasteiger partial charge in [-0.05, 0) is 36.6 Å². The highest BCUT2D eigenvalue weighted by Gasteiger charge is 2.27. The third-order valence-corrected chi connectivity index (χ3v) is 4.13. The number of fused-ring (bicyclic) bond motifs is 1. The summed E-state index contributed by atoms with van der Waals surface area (Å²) in [7, 11) is 0. The van der Waals surface area contributed by atoms with Crippen molar-refractivity contribution in [3.63, 3.8) is 0 Å². The summed E-state index contributed by atoms with van der Waals surface area (Å²) in [5.74, 6) is -0.257. The van der Waals surface area contributed by atoms with Crippen molar-refractivity contribution in [2.75, 3.05) is 13.1 Å². The number of aromatic amines is 1. The van der Waals surface area contributed by atoms with Gasteiger partial charge in [0.05, 0.1) is 12.4 Å². The zero-order chi connectivity index (χ0) is 15.5. The molecule has 0 bridgehead atoms. The predicted octanol–water partition coefficient (Wildman–Crippen LogP) is 2.42. The minimum atomic E-state index is -0.257. The van der Waals surface area contributed by atoms with Crippen LogP contribution in [-0.2, 0) is 12.8 Å². The van der Waals surface area contributed by atoms with Gasteiger partial charge in [-0.15, -0.1) is 0 Å². The molecule has 2 aromatic rings. The number of imidazole rings is 1. The Balaban J connectivity index is 1.61. The van der Waals surface area contributed by atoms with Gasteiger partial charge in [0.2, 0.25) is 0 Å². The number of rotatable bonds is 3. The van der Waals surface area contributed by atoms with Gasteiger partial charge in [0.1, 0.15) is 5.82 Å². The first-order chi connectivity index (χ1) is 10.6. The highest BCUT2D eigenvalue weighted by atomic mass is 19.1. The van der Waals surface area contributed by atoms with E-state index >= 15 is 0 Å². The van der Waals surface area contributed by atoms with E-state index < -0.39 is 0 Å². The predicted molar refractivity (Wildman–Crippen MR) is 80.9 cm³/mol. The molecule has 0 spiro atoms. The second kappa shape index (κ2) is 6.17. The summed E-state index contributed by atoms with van der Waals surface area (Å²) in [6, 6.07) is 4.60. The van der Waals surface area contributed by atoms with Crippen LogP contribution in [0.25, 0.3) is 0 Å². The molecule has 22 heavy (non-hydrogen) atoms. The van der Waals surface area contributed by atoms with Crippen molar-refractivity contribution in [1.82, 2.24) is 20.2 Å². The maximum atomic E-state index is 13.4. The van der Waals surface area contributed by atoms with Crippen LogP contribution < -0.4 is 5.32 Å². The Morgan fingerprint density at radius 3 is 3.18 bits per heavy atom. The van der Waals surface area contributed by atoms with Crippen molar-refractivity contribution in [1.29, 1.82) is 0 Å². The van der Waals surface area contributed by atoms with Crippen LogP contribution >= 0.6 is 0 Å². The van der Waals surface area contributed by atoms with E-state index in [-0.39, 0.29) is 17.9 Å². The lowest BCUT2D eigenvalue weighted by atomic mass is 9.94. The quantitative estimate of drug-likeness (QED) is 0.914. The number of benzene rings is 1. The number of halogens is 1. The zero-order valence-electron chi connectivity index (χ0n) is 12.5. The van der Waals surface area contributed by atoms with Gasteiger partial charge < -0.3 is 15.2 Å². The van der Waals surface area contributed by atoms with E-state index in [1.54, 1.807) is 17.4 Å². The SMILES string of the molecule is C[C@@H]1c2cc(F)ccc2CCN1C(=O)NCCc1cnc[nH]1. The minimum absolute atomic E-state index is 0.109. The van der Waals surface area contributed by atoms with Crippen LogP contribution in [0.1, 0.15) is 29.8 Å². The molecule has 0 aliphatic carbocycles. The standard InChI is InChI=1S/C16H19FN4O/c1-11-15-8-13(17)3-2-12(15)5-7-21(11)16(22)19-6-4-14-9-18-10-20-14/h2-3,8-11H,4-7H2,1H3,(H,18,20)(H,19,22)/t11-/m1/s1. The Bertz CT molecular complexity index is 656. The average molecular weight is 302 g/mol. The van der Waals surface area contributed by atoms with E-state index in [2.05, 4.69) is 15.3 Å². The Hall–Kier alpha value is -2.37. The summed E-state index contributed by atoms with van der Waals surface area (Å²) in [6.45, 7) is 3.13. The summed E-state index contributed by atoms with van der Waals surface area (Å²) < 4.78 is 13.4. The molecule has 3 rings (SSSR count). The molecule has 2 heterocycles. The molecular formula is C16H19FN4O. The van der Waals surface area contributed by atoms with Gasteiger partial charge in [-0.1, -0.05) is 6.07 Å². The van der Waals surface area contributed by atoms with E-state index in [9.17, 15) is 9.18 Å².